The number of carbonyl (C=O) groups excluding carboxylic acids is 2. The largest absolute Gasteiger partial charge is 0.351 e. The van der Waals surface area contributed by atoms with E-state index in [0.717, 1.165) is 68.4 Å². The molecule has 1 aromatic carbocycles. The number of fused-ring (bicyclic) bond motifs is 1. The molecule has 31 heavy (non-hydrogen) atoms. The third-order valence-corrected chi connectivity index (χ3v) is 7.26. The molecule has 1 saturated carbocycles. The van der Waals surface area contributed by atoms with Crippen molar-refractivity contribution in [3.63, 3.8) is 0 Å². The second-order valence-corrected chi connectivity index (χ2v) is 9.49. The summed E-state index contributed by atoms with van der Waals surface area (Å²) in [6.45, 7) is 2.10. The van der Waals surface area contributed by atoms with Gasteiger partial charge >= 0.3 is 0 Å². The van der Waals surface area contributed by atoms with Gasteiger partial charge in [0.15, 0.2) is 0 Å². The van der Waals surface area contributed by atoms with Crippen molar-refractivity contribution in [3.05, 3.63) is 46.3 Å². The van der Waals surface area contributed by atoms with Crippen LogP contribution in [0.15, 0.2) is 28.8 Å². The minimum atomic E-state index is -0.175. The molecule has 1 aromatic heterocycles. The maximum absolute atomic E-state index is 13.1. The highest BCUT2D eigenvalue weighted by molar-refractivity contribution is 6.30. The van der Waals surface area contributed by atoms with Gasteiger partial charge in [-0.2, -0.15) is 0 Å². The van der Waals surface area contributed by atoms with Gasteiger partial charge in [-0.1, -0.05) is 36.0 Å². The average molecular weight is 442 g/mol. The minimum Gasteiger partial charge on any atom is -0.351 e. The molecule has 164 valence electrons. The third-order valence-electron chi connectivity index (χ3n) is 7.03. The molecule has 2 aromatic rings. The summed E-state index contributed by atoms with van der Waals surface area (Å²) in [5.41, 5.74) is 2.74. The molecule has 0 spiro atoms. The van der Waals surface area contributed by atoms with Crippen molar-refractivity contribution in [3.8, 4) is 0 Å². The standard InChI is InChI=1S/C24H28ClN3O3/c25-19-8-9-21-17(13-19)10-12-28(21)24(30)22-14-20(26-31-22)18-7-4-11-27(15-18)23(29)16-5-2-1-3-6-16/h8-9,13-14,16,18H,1-7,10-12,15H2. The van der Waals surface area contributed by atoms with Crippen LogP contribution < -0.4 is 4.90 Å². The molecule has 0 N–H and O–H groups in total. The Balaban J connectivity index is 1.27. The molecule has 2 aliphatic heterocycles. The van der Waals surface area contributed by atoms with Crippen LogP contribution in [0, 0.1) is 5.92 Å². The average Bonchev–Trinajstić information content (AvgIpc) is 3.46. The molecule has 7 heteroatoms. The van der Waals surface area contributed by atoms with Crippen molar-refractivity contribution in [1.82, 2.24) is 10.1 Å². The molecule has 3 aliphatic rings. The Labute approximate surface area is 187 Å². The number of aromatic nitrogens is 1. The van der Waals surface area contributed by atoms with E-state index in [1.165, 1.54) is 6.42 Å². The summed E-state index contributed by atoms with van der Waals surface area (Å²) in [5, 5.41) is 4.91. The Hall–Kier alpha value is -2.34. The van der Waals surface area contributed by atoms with E-state index in [1.807, 2.05) is 17.0 Å². The smallest absolute Gasteiger partial charge is 0.296 e. The maximum atomic E-state index is 13.1. The second kappa shape index (κ2) is 8.65. The highest BCUT2D eigenvalue weighted by Gasteiger charge is 2.33. The lowest BCUT2D eigenvalue weighted by atomic mass is 9.87. The van der Waals surface area contributed by atoms with E-state index in [4.69, 9.17) is 16.1 Å². The molecule has 1 unspecified atom stereocenters. The Morgan fingerprint density at radius 2 is 1.87 bits per heavy atom. The van der Waals surface area contributed by atoms with E-state index in [1.54, 1.807) is 17.0 Å². The fourth-order valence-electron chi connectivity index (χ4n) is 5.32. The van der Waals surface area contributed by atoms with E-state index in [9.17, 15) is 9.59 Å². The molecule has 6 nitrogen and oxygen atoms in total. The SMILES string of the molecule is O=C(C1CCCCC1)N1CCCC(c2cc(C(=O)N3CCc4cc(Cl)ccc43)on2)C1. The van der Waals surface area contributed by atoms with Gasteiger partial charge in [-0.05, 0) is 55.9 Å². The topological polar surface area (TPSA) is 66.7 Å². The number of piperidine rings is 1. The fraction of sp³-hybridized carbons (Fsp3) is 0.542. The first-order valence-corrected chi connectivity index (χ1v) is 11.8. The van der Waals surface area contributed by atoms with Gasteiger partial charge in [0, 0.05) is 48.2 Å². The predicted octanol–water partition coefficient (Wildman–Crippen LogP) is 4.82. The number of amides is 2. The molecule has 5 rings (SSSR count). The van der Waals surface area contributed by atoms with Gasteiger partial charge in [0.2, 0.25) is 11.7 Å². The van der Waals surface area contributed by atoms with Gasteiger partial charge in [0.1, 0.15) is 0 Å². The zero-order valence-electron chi connectivity index (χ0n) is 17.7. The zero-order valence-corrected chi connectivity index (χ0v) is 18.4. The van der Waals surface area contributed by atoms with Crippen LogP contribution in [0.2, 0.25) is 5.02 Å². The summed E-state index contributed by atoms with van der Waals surface area (Å²) in [4.78, 5) is 29.8. The van der Waals surface area contributed by atoms with Crippen LogP contribution in [0.1, 0.15) is 72.7 Å². The van der Waals surface area contributed by atoms with Crippen molar-refractivity contribution in [2.24, 2.45) is 5.92 Å². The number of rotatable bonds is 3. The van der Waals surface area contributed by atoms with Crippen molar-refractivity contribution in [1.29, 1.82) is 0 Å². The molecule has 1 aliphatic carbocycles. The first kappa shape index (κ1) is 20.6. The molecule has 3 heterocycles. The Kier molecular flexibility index (Phi) is 5.74. The van der Waals surface area contributed by atoms with Crippen molar-refractivity contribution in [2.45, 2.75) is 57.3 Å². The van der Waals surface area contributed by atoms with Gasteiger partial charge in [-0.3, -0.25) is 9.59 Å². The van der Waals surface area contributed by atoms with E-state index in [2.05, 4.69) is 5.16 Å². The minimum absolute atomic E-state index is 0.122. The maximum Gasteiger partial charge on any atom is 0.296 e. The summed E-state index contributed by atoms with van der Waals surface area (Å²) < 4.78 is 5.47. The molecule has 1 atom stereocenters. The van der Waals surface area contributed by atoms with E-state index >= 15 is 0 Å². The van der Waals surface area contributed by atoms with Gasteiger partial charge in [-0.25, -0.2) is 0 Å². The Morgan fingerprint density at radius 3 is 2.71 bits per heavy atom. The molecule has 1 saturated heterocycles. The first-order valence-electron chi connectivity index (χ1n) is 11.5. The van der Waals surface area contributed by atoms with Crippen molar-refractivity contribution < 1.29 is 14.1 Å². The number of nitrogens with zero attached hydrogens (tertiary/aromatic N) is 3. The second-order valence-electron chi connectivity index (χ2n) is 9.05. The number of halogens is 1. The number of benzene rings is 1. The predicted molar refractivity (Wildman–Crippen MR) is 118 cm³/mol. The van der Waals surface area contributed by atoms with Crippen molar-refractivity contribution >= 4 is 29.1 Å². The van der Waals surface area contributed by atoms with Crippen LogP contribution in [0.5, 0.6) is 0 Å². The first-order chi connectivity index (χ1) is 15.1. The third kappa shape index (κ3) is 4.10. The van der Waals surface area contributed by atoms with Crippen LogP contribution in [0.25, 0.3) is 0 Å². The van der Waals surface area contributed by atoms with Crippen molar-refractivity contribution in [2.75, 3.05) is 24.5 Å². The molecule has 0 radical (unpaired) electrons. The number of anilines is 1. The van der Waals surface area contributed by atoms with Gasteiger partial charge < -0.3 is 14.3 Å². The summed E-state index contributed by atoms with van der Waals surface area (Å²) in [6, 6.07) is 7.37. The summed E-state index contributed by atoms with van der Waals surface area (Å²) in [7, 11) is 0. The van der Waals surface area contributed by atoms with Crippen LogP contribution in [-0.2, 0) is 11.2 Å². The Bertz CT molecular complexity index is 982. The van der Waals surface area contributed by atoms with E-state index in [0.29, 0.717) is 24.0 Å². The van der Waals surface area contributed by atoms with E-state index in [-0.39, 0.29) is 23.5 Å². The quantitative estimate of drug-likeness (QED) is 0.685. The molecular weight excluding hydrogens is 414 g/mol. The monoisotopic (exact) mass is 441 g/mol. The van der Waals surface area contributed by atoms with Gasteiger partial charge in [-0.15, -0.1) is 0 Å². The number of hydrogen-bond acceptors (Lipinski definition) is 4. The number of hydrogen-bond donors (Lipinski definition) is 0. The lowest BCUT2D eigenvalue weighted by Crippen LogP contribution is -2.42. The normalized spacial score (nSPS) is 21.9. The van der Waals surface area contributed by atoms with Crippen LogP contribution in [0.3, 0.4) is 0 Å². The lowest BCUT2D eigenvalue weighted by Gasteiger charge is -2.35. The molecular formula is C24H28ClN3O3. The summed E-state index contributed by atoms with van der Waals surface area (Å²) in [5.74, 6) is 0.692. The molecule has 2 amide bonds. The zero-order chi connectivity index (χ0) is 21.4. The van der Waals surface area contributed by atoms with Crippen LogP contribution >= 0.6 is 11.6 Å². The van der Waals surface area contributed by atoms with E-state index < -0.39 is 0 Å². The summed E-state index contributed by atoms with van der Waals surface area (Å²) >= 11 is 6.08. The highest BCUT2D eigenvalue weighted by Crippen LogP contribution is 2.33. The molecule has 0 bridgehead atoms. The molecule has 2 fully saturated rings. The fourth-order valence-corrected chi connectivity index (χ4v) is 5.52. The van der Waals surface area contributed by atoms with Crippen LogP contribution in [0.4, 0.5) is 5.69 Å². The summed E-state index contributed by atoms with van der Waals surface area (Å²) in [6.07, 6.45) is 8.30. The van der Waals surface area contributed by atoms with Crippen LogP contribution in [-0.4, -0.2) is 41.5 Å². The number of carbonyl (C=O) groups is 2. The van der Waals surface area contributed by atoms with Gasteiger partial charge in [0.05, 0.1) is 5.69 Å². The highest BCUT2D eigenvalue weighted by atomic mass is 35.5. The van der Waals surface area contributed by atoms with Gasteiger partial charge in [0.25, 0.3) is 5.91 Å². The number of likely N-dealkylation sites (tertiary alicyclic amines) is 1. The lowest BCUT2D eigenvalue weighted by molar-refractivity contribution is -0.137. The Morgan fingerprint density at radius 1 is 1.03 bits per heavy atom.